The number of amides is 2. The van der Waals surface area contributed by atoms with E-state index in [9.17, 15) is 19.7 Å². The van der Waals surface area contributed by atoms with Crippen LogP contribution in [0.15, 0.2) is 65.8 Å². The molecule has 2 aliphatic heterocycles. The monoisotopic (exact) mass is 687 g/mol. The first-order valence-electron chi connectivity index (χ1n) is 16.8. The fourth-order valence-corrected chi connectivity index (χ4v) is 6.65. The fourth-order valence-electron chi connectivity index (χ4n) is 6.02. The van der Waals surface area contributed by atoms with Crippen LogP contribution < -0.4 is 20.1 Å². The molecule has 0 unspecified atom stereocenters. The minimum atomic E-state index is -0.425. The zero-order valence-corrected chi connectivity index (χ0v) is 28.1. The number of aromatic amines is 1. The van der Waals surface area contributed by atoms with Crippen LogP contribution >= 0.6 is 11.9 Å². The van der Waals surface area contributed by atoms with Crippen LogP contribution in [0.25, 0.3) is 11.0 Å². The van der Waals surface area contributed by atoms with Crippen molar-refractivity contribution in [2.45, 2.75) is 49.8 Å². The van der Waals surface area contributed by atoms with Gasteiger partial charge < -0.3 is 30.0 Å². The number of hydrogen-bond acceptors (Lipinski definition) is 10. The predicted molar refractivity (Wildman–Crippen MR) is 189 cm³/mol. The molecule has 0 saturated carbocycles. The van der Waals surface area contributed by atoms with E-state index in [0.29, 0.717) is 67.3 Å². The molecule has 2 amide bonds. The third-order valence-corrected chi connectivity index (χ3v) is 9.56. The number of likely N-dealkylation sites (tertiary alicyclic amines) is 1. The maximum absolute atomic E-state index is 13.5. The Labute approximate surface area is 288 Å². The van der Waals surface area contributed by atoms with E-state index in [2.05, 4.69) is 25.3 Å². The summed E-state index contributed by atoms with van der Waals surface area (Å²) in [5, 5.41) is 19.4. The number of fused-ring (bicyclic) bond motifs is 1. The number of nitrogens with one attached hydrogen (secondary N) is 4. The Bertz CT molecular complexity index is 1780. The molecule has 2 fully saturated rings. The van der Waals surface area contributed by atoms with E-state index in [4.69, 9.17) is 9.47 Å². The van der Waals surface area contributed by atoms with E-state index in [1.807, 2.05) is 17.0 Å². The Morgan fingerprint density at radius 3 is 2.84 bits per heavy atom. The number of nitro groups is 1. The van der Waals surface area contributed by atoms with Gasteiger partial charge in [-0.3, -0.25) is 24.4 Å². The van der Waals surface area contributed by atoms with Gasteiger partial charge in [0, 0.05) is 80.1 Å². The number of aromatic nitrogens is 2. The first kappa shape index (κ1) is 34.1. The number of nitrogens with zero attached hydrogens (tertiary/aromatic N) is 3. The highest BCUT2D eigenvalue weighted by Crippen LogP contribution is 2.33. The second-order valence-electron chi connectivity index (χ2n) is 12.3. The number of rotatable bonds is 14. The lowest BCUT2D eigenvalue weighted by atomic mass is 10.0. The molecule has 4 heterocycles. The largest absolute Gasteiger partial charge is 0.455 e. The Hall–Kier alpha value is -4.82. The van der Waals surface area contributed by atoms with Gasteiger partial charge in [-0.2, -0.15) is 0 Å². The number of benzene rings is 2. The van der Waals surface area contributed by atoms with E-state index in [-0.39, 0.29) is 17.2 Å². The molecule has 0 spiro atoms. The Balaban J connectivity index is 1.12. The summed E-state index contributed by atoms with van der Waals surface area (Å²) >= 11 is 0.996. The van der Waals surface area contributed by atoms with Gasteiger partial charge in [0.15, 0.2) is 0 Å². The average molecular weight is 688 g/mol. The van der Waals surface area contributed by atoms with Crippen molar-refractivity contribution in [3.63, 3.8) is 0 Å². The number of ether oxygens (including phenoxy) is 2. The highest BCUT2D eigenvalue weighted by Gasteiger charge is 2.21. The molecule has 4 N–H and O–H groups in total. The summed E-state index contributed by atoms with van der Waals surface area (Å²) < 4.78 is 14.5. The van der Waals surface area contributed by atoms with Crippen molar-refractivity contribution in [1.29, 1.82) is 0 Å². The van der Waals surface area contributed by atoms with E-state index in [1.165, 1.54) is 6.07 Å². The van der Waals surface area contributed by atoms with Crippen LogP contribution in [0.4, 0.5) is 17.1 Å². The first-order valence-corrected chi connectivity index (χ1v) is 17.6. The third-order valence-electron chi connectivity index (χ3n) is 8.78. The molecule has 0 bridgehead atoms. The molecule has 258 valence electrons. The van der Waals surface area contributed by atoms with Crippen molar-refractivity contribution >= 4 is 51.9 Å². The predicted octanol–water partition coefficient (Wildman–Crippen LogP) is 6.74. The van der Waals surface area contributed by atoms with Crippen LogP contribution in [0.1, 0.15) is 55.3 Å². The van der Waals surface area contributed by atoms with Gasteiger partial charge in [0.1, 0.15) is 22.8 Å². The number of carbonyl (C=O) groups is 2. The molecule has 4 aromatic rings. The number of pyridine rings is 1. The molecule has 0 aliphatic carbocycles. The highest BCUT2D eigenvalue weighted by molar-refractivity contribution is 7.98. The normalized spacial score (nSPS) is 15.5. The van der Waals surface area contributed by atoms with E-state index < -0.39 is 10.8 Å². The van der Waals surface area contributed by atoms with Gasteiger partial charge in [-0.25, -0.2) is 4.98 Å². The molecular formula is C35H41N7O6S. The molecule has 2 saturated heterocycles. The van der Waals surface area contributed by atoms with Gasteiger partial charge in [0.2, 0.25) is 5.91 Å². The first-order chi connectivity index (χ1) is 23.9. The lowest BCUT2D eigenvalue weighted by molar-refractivity contribution is -0.384. The minimum absolute atomic E-state index is 0.0568. The summed E-state index contributed by atoms with van der Waals surface area (Å²) in [5.41, 5.74) is 2.15. The summed E-state index contributed by atoms with van der Waals surface area (Å²) in [6.45, 7) is 4.18. The number of nitro benzene ring substituents is 1. The summed E-state index contributed by atoms with van der Waals surface area (Å²) in [5.74, 6) is 0.981. The lowest BCUT2D eigenvalue weighted by Gasteiger charge is -2.22. The number of carbonyl (C=O) groups excluding carboxylic acids is 2. The maximum atomic E-state index is 13.5. The van der Waals surface area contributed by atoms with Crippen molar-refractivity contribution in [3.8, 4) is 11.5 Å². The molecule has 2 aromatic carbocycles. The SMILES string of the molecule is O=C(NSc1ccc(NCC2CCOCC2)c([N+](=O)[O-])c1)c1ccc(NCCCN2CCCCCC2=O)cc1Oc1cnc2[nH]ccc2c1. The molecule has 0 atom stereocenters. The van der Waals surface area contributed by atoms with Gasteiger partial charge in [-0.1, -0.05) is 6.42 Å². The van der Waals surface area contributed by atoms with Crippen molar-refractivity contribution in [3.05, 3.63) is 76.6 Å². The molecule has 2 aromatic heterocycles. The topological polar surface area (TPSA) is 164 Å². The van der Waals surface area contributed by atoms with E-state index in [0.717, 1.165) is 73.7 Å². The van der Waals surface area contributed by atoms with Crippen LogP contribution in [-0.4, -0.2) is 71.0 Å². The van der Waals surface area contributed by atoms with Gasteiger partial charge in [0.25, 0.3) is 11.6 Å². The van der Waals surface area contributed by atoms with Crippen molar-refractivity contribution in [2.24, 2.45) is 5.92 Å². The second kappa shape index (κ2) is 16.5. The third kappa shape index (κ3) is 9.21. The standard InChI is InChI=1S/C35H41N7O6S/c43-33-5-2-1-3-15-41(33)16-4-13-36-26-6-8-29(32(20-26)48-27-19-25-10-14-37-34(25)39-23-27)35(44)40-49-28-7-9-30(31(21-28)42(45)46)38-22-24-11-17-47-18-12-24/h6-10,14,19-21,23-24,36,38H,1-5,11-13,15-18,22H2,(H,37,39)(H,40,44). The number of H-pyrrole nitrogens is 1. The van der Waals surface area contributed by atoms with Crippen molar-refractivity contribution < 1.29 is 24.0 Å². The second-order valence-corrected chi connectivity index (χ2v) is 13.2. The molecule has 49 heavy (non-hydrogen) atoms. The summed E-state index contributed by atoms with van der Waals surface area (Å²) in [4.78, 5) is 47.3. The fraction of sp³-hybridized carbons (Fsp3) is 0.400. The minimum Gasteiger partial charge on any atom is -0.455 e. The van der Waals surface area contributed by atoms with E-state index >= 15 is 0 Å². The number of anilines is 2. The molecule has 13 nitrogen and oxygen atoms in total. The Morgan fingerprint density at radius 2 is 1.98 bits per heavy atom. The quantitative estimate of drug-likeness (QED) is 0.0483. The lowest BCUT2D eigenvalue weighted by Crippen LogP contribution is -2.32. The Kier molecular flexibility index (Phi) is 11.5. The summed E-state index contributed by atoms with van der Waals surface area (Å²) in [7, 11) is 0. The maximum Gasteiger partial charge on any atom is 0.293 e. The molecule has 14 heteroatoms. The van der Waals surface area contributed by atoms with Crippen LogP contribution in [0, 0.1) is 16.0 Å². The smallest absolute Gasteiger partial charge is 0.293 e. The van der Waals surface area contributed by atoms with Gasteiger partial charge in [-0.05, 0) is 86.4 Å². The highest BCUT2D eigenvalue weighted by atomic mass is 32.2. The molecule has 6 rings (SSSR count). The van der Waals surface area contributed by atoms with Crippen LogP contribution in [-0.2, 0) is 9.53 Å². The van der Waals surface area contributed by atoms with Crippen LogP contribution in [0.2, 0.25) is 0 Å². The van der Waals surface area contributed by atoms with Crippen LogP contribution in [0.5, 0.6) is 11.5 Å². The summed E-state index contributed by atoms with van der Waals surface area (Å²) in [6, 6.07) is 13.8. The average Bonchev–Trinajstić information content (AvgIpc) is 3.49. The zero-order valence-electron chi connectivity index (χ0n) is 27.2. The zero-order chi connectivity index (χ0) is 34.0. The summed E-state index contributed by atoms with van der Waals surface area (Å²) in [6.07, 6.45) is 9.72. The molecule has 2 aliphatic rings. The van der Waals surface area contributed by atoms with Gasteiger partial charge in [-0.15, -0.1) is 0 Å². The van der Waals surface area contributed by atoms with Gasteiger partial charge in [0.05, 0.1) is 16.7 Å². The van der Waals surface area contributed by atoms with Gasteiger partial charge >= 0.3 is 0 Å². The van der Waals surface area contributed by atoms with Crippen molar-refractivity contribution in [1.82, 2.24) is 19.6 Å². The Morgan fingerprint density at radius 1 is 1.10 bits per heavy atom. The van der Waals surface area contributed by atoms with Crippen LogP contribution in [0.3, 0.4) is 0 Å². The molecular weight excluding hydrogens is 646 g/mol. The van der Waals surface area contributed by atoms with Crippen molar-refractivity contribution in [2.75, 3.05) is 50.0 Å². The number of hydrogen-bond donors (Lipinski definition) is 4. The molecule has 0 radical (unpaired) electrons. The van der Waals surface area contributed by atoms with E-state index in [1.54, 1.807) is 42.7 Å².